The third-order valence-electron chi connectivity index (χ3n) is 4.64. The molecular weight excluding hydrogens is 322 g/mol. The molecule has 3 rings (SSSR count). The molecule has 8 heteroatoms. The zero-order valence-corrected chi connectivity index (χ0v) is 14.4. The number of pyridine rings is 1. The molecular formula is C17H23N5O3. The van der Waals surface area contributed by atoms with Gasteiger partial charge in [0.1, 0.15) is 5.65 Å². The lowest BCUT2D eigenvalue weighted by molar-refractivity contribution is -0.139. The predicted octanol–water partition coefficient (Wildman–Crippen LogP) is 1.70. The SMILES string of the molecule is CCN(CC(=O)O)C1CC(NC(=O)Nc2cc(C)c3nccn3c2)C1. The first-order chi connectivity index (χ1) is 12.0. The number of rotatable bonds is 6. The number of aromatic nitrogens is 2. The number of aliphatic carboxylic acids is 1. The van der Waals surface area contributed by atoms with Crippen molar-refractivity contribution in [1.29, 1.82) is 0 Å². The molecule has 2 aromatic rings. The second kappa shape index (κ2) is 7.10. The van der Waals surface area contributed by atoms with Crippen LogP contribution in [0.2, 0.25) is 0 Å². The number of urea groups is 1. The third-order valence-corrected chi connectivity index (χ3v) is 4.64. The van der Waals surface area contributed by atoms with Crippen LogP contribution in [-0.2, 0) is 4.79 Å². The van der Waals surface area contributed by atoms with Crippen LogP contribution in [0.4, 0.5) is 10.5 Å². The molecule has 0 aromatic carbocycles. The normalized spacial score (nSPS) is 19.6. The molecule has 2 amide bonds. The van der Waals surface area contributed by atoms with Gasteiger partial charge in [-0.3, -0.25) is 9.69 Å². The summed E-state index contributed by atoms with van der Waals surface area (Å²) in [6.07, 6.45) is 6.92. The summed E-state index contributed by atoms with van der Waals surface area (Å²) in [7, 11) is 0. The largest absolute Gasteiger partial charge is 0.480 e. The highest BCUT2D eigenvalue weighted by Gasteiger charge is 2.34. The molecule has 1 aliphatic carbocycles. The number of nitrogens with one attached hydrogen (secondary N) is 2. The van der Waals surface area contributed by atoms with Gasteiger partial charge in [0.25, 0.3) is 0 Å². The first-order valence-corrected chi connectivity index (χ1v) is 8.43. The van der Waals surface area contributed by atoms with Gasteiger partial charge in [0.05, 0.1) is 12.2 Å². The Hall–Kier alpha value is -2.61. The lowest BCUT2D eigenvalue weighted by Crippen LogP contribution is -2.55. The summed E-state index contributed by atoms with van der Waals surface area (Å²) in [4.78, 5) is 29.2. The van der Waals surface area contributed by atoms with Gasteiger partial charge >= 0.3 is 12.0 Å². The van der Waals surface area contributed by atoms with Crippen LogP contribution in [-0.4, -0.2) is 56.6 Å². The van der Waals surface area contributed by atoms with Crippen molar-refractivity contribution in [3.8, 4) is 0 Å². The molecule has 0 spiro atoms. The summed E-state index contributed by atoms with van der Waals surface area (Å²) in [6.45, 7) is 4.64. The van der Waals surface area contributed by atoms with E-state index in [0.29, 0.717) is 12.2 Å². The van der Waals surface area contributed by atoms with Gasteiger partial charge in [0.2, 0.25) is 0 Å². The topological polar surface area (TPSA) is 99.0 Å². The summed E-state index contributed by atoms with van der Waals surface area (Å²) in [5.41, 5.74) is 2.56. The maximum Gasteiger partial charge on any atom is 0.319 e. The summed E-state index contributed by atoms with van der Waals surface area (Å²) in [6, 6.07) is 1.93. The Morgan fingerprint density at radius 2 is 2.20 bits per heavy atom. The Morgan fingerprint density at radius 1 is 1.44 bits per heavy atom. The van der Waals surface area contributed by atoms with Crippen LogP contribution >= 0.6 is 0 Å². The highest BCUT2D eigenvalue weighted by atomic mass is 16.4. The van der Waals surface area contributed by atoms with Crippen molar-refractivity contribution in [3.63, 3.8) is 0 Å². The van der Waals surface area contributed by atoms with Crippen molar-refractivity contribution in [2.45, 2.75) is 38.8 Å². The molecule has 0 unspecified atom stereocenters. The van der Waals surface area contributed by atoms with E-state index in [0.717, 1.165) is 24.1 Å². The van der Waals surface area contributed by atoms with Crippen LogP contribution in [0.3, 0.4) is 0 Å². The summed E-state index contributed by atoms with van der Waals surface area (Å²) in [5.74, 6) is -0.818. The molecule has 2 heterocycles. The molecule has 1 saturated carbocycles. The predicted molar refractivity (Wildman–Crippen MR) is 93.8 cm³/mol. The standard InChI is InChI=1S/C17H23N5O3/c1-3-21(10-15(23)24)14-7-12(8-14)19-17(25)20-13-6-11(2)16-18-4-5-22(16)9-13/h4-6,9,12,14H,3,7-8,10H2,1-2H3,(H,23,24)(H2,19,20,25). The fourth-order valence-electron chi connectivity index (χ4n) is 3.31. The van der Waals surface area contributed by atoms with Crippen LogP contribution in [0.1, 0.15) is 25.3 Å². The zero-order valence-electron chi connectivity index (χ0n) is 14.4. The van der Waals surface area contributed by atoms with E-state index in [1.54, 1.807) is 6.20 Å². The number of carbonyl (C=O) groups is 2. The van der Waals surface area contributed by atoms with Crippen LogP contribution in [0.15, 0.2) is 24.7 Å². The number of anilines is 1. The lowest BCUT2D eigenvalue weighted by Gasteiger charge is -2.42. The second-order valence-electron chi connectivity index (χ2n) is 6.45. The third kappa shape index (κ3) is 3.90. The minimum absolute atomic E-state index is 0.0459. The summed E-state index contributed by atoms with van der Waals surface area (Å²) >= 11 is 0. The van der Waals surface area contributed by atoms with Gasteiger partial charge in [0, 0.05) is 30.7 Å². The number of amides is 2. The van der Waals surface area contributed by atoms with Gasteiger partial charge in [-0.15, -0.1) is 0 Å². The van der Waals surface area contributed by atoms with Crippen LogP contribution in [0, 0.1) is 6.92 Å². The number of nitrogens with zero attached hydrogens (tertiary/aromatic N) is 3. The molecule has 0 atom stereocenters. The van der Waals surface area contributed by atoms with E-state index in [1.165, 1.54) is 0 Å². The first-order valence-electron chi connectivity index (χ1n) is 8.43. The summed E-state index contributed by atoms with van der Waals surface area (Å²) < 4.78 is 1.87. The van der Waals surface area contributed by atoms with Crippen LogP contribution in [0.25, 0.3) is 5.65 Å². The second-order valence-corrected chi connectivity index (χ2v) is 6.45. The number of imidazole rings is 1. The smallest absolute Gasteiger partial charge is 0.319 e. The summed E-state index contributed by atoms with van der Waals surface area (Å²) in [5, 5.41) is 14.7. The fourth-order valence-corrected chi connectivity index (χ4v) is 3.31. The zero-order chi connectivity index (χ0) is 18.0. The number of carboxylic acids is 1. The average molecular weight is 345 g/mol. The molecule has 8 nitrogen and oxygen atoms in total. The molecule has 25 heavy (non-hydrogen) atoms. The van der Waals surface area contributed by atoms with Crippen LogP contribution < -0.4 is 10.6 Å². The van der Waals surface area contributed by atoms with Crippen molar-refractivity contribution in [2.75, 3.05) is 18.4 Å². The Bertz CT molecular complexity index is 782. The Morgan fingerprint density at radius 3 is 2.88 bits per heavy atom. The van der Waals surface area contributed by atoms with E-state index in [-0.39, 0.29) is 24.7 Å². The van der Waals surface area contributed by atoms with E-state index in [4.69, 9.17) is 5.11 Å². The Kier molecular flexibility index (Phi) is 4.89. The van der Waals surface area contributed by atoms with Crippen molar-refractivity contribution >= 4 is 23.3 Å². The van der Waals surface area contributed by atoms with Crippen molar-refractivity contribution in [3.05, 3.63) is 30.2 Å². The molecule has 134 valence electrons. The number of fused-ring (bicyclic) bond motifs is 1. The number of aryl methyl sites for hydroxylation is 1. The number of hydrogen-bond donors (Lipinski definition) is 3. The van der Waals surface area contributed by atoms with E-state index < -0.39 is 5.97 Å². The molecule has 2 aromatic heterocycles. The van der Waals surface area contributed by atoms with Crippen molar-refractivity contribution < 1.29 is 14.7 Å². The number of carboxylic acid groups (broad SMARTS) is 1. The number of carbonyl (C=O) groups excluding carboxylic acids is 1. The fraction of sp³-hybridized carbons (Fsp3) is 0.471. The quantitative estimate of drug-likeness (QED) is 0.740. The van der Waals surface area contributed by atoms with Gasteiger partial charge in [0.15, 0.2) is 0 Å². The molecule has 0 bridgehead atoms. The van der Waals surface area contributed by atoms with E-state index in [9.17, 15) is 9.59 Å². The van der Waals surface area contributed by atoms with Gasteiger partial charge in [-0.1, -0.05) is 6.92 Å². The highest BCUT2D eigenvalue weighted by molar-refractivity contribution is 5.89. The van der Waals surface area contributed by atoms with Crippen LogP contribution in [0.5, 0.6) is 0 Å². The van der Waals surface area contributed by atoms with Gasteiger partial charge in [-0.05, 0) is 37.9 Å². The van der Waals surface area contributed by atoms with E-state index in [1.807, 2.05) is 41.6 Å². The maximum absolute atomic E-state index is 12.2. The van der Waals surface area contributed by atoms with Gasteiger partial charge < -0.3 is 20.1 Å². The molecule has 1 fully saturated rings. The van der Waals surface area contributed by atoms with Gasteiger partial charge in [-0.2, -0.15) is 0 Å². The monoisotopic (exact) mass is 345 g/mol. The molecule has 0 aliphatic heterocycles. The minimum Gasteiger partial charge on any atom is -0.480 e. The molecule has 1 aliphatic rings. The number of likely N-dealkylation sites (N-methyl/N-ethyl adjacent to an activating group) is 1. The van der Waals surface area contributed by atoms with E-state index >= 15 is 0 Å². The van der Waals surface area contributed by atoms with Crippen molar-refractivity contribution in [2.24, 2.45) is 0 Å². The molecule has 0 radical (unpaired) electrons. The first kappa shape index (κ1) is 17.2. The minimum atomic E-state index is -0.818. The van der Waals surface area contributed by atoms with Gasteiger partial charge in [-0.25, -0.2) is 9.78 Å². The Balaban J connectivity index is 1.51. The van der Waals surface area contributed by atoms with E-state index in [2.05, 4.69) is 15.6 Å². The highest BCUT2D eigenvalue weighted by Crippen LogP contribution is 2.25. The molecule has 3 N–H and O–H groups in total. The van der Waals surface area contributed by atoms with Crippen molar-refractivity contribution in [1.82, 2.24) is 19.6 Å². The number of hydrogen-bond acceptors (Lipinski definition) is 4. The molecule has 0 saturated heterocycles. The lowest BCUT2D eigenvalue weighted by atomic mass is 9.85. The maximum atomic E-state index is 12.2. The average Bonchev–Trinajstić information content (AvgIpc) is 2.97. The Labute approximate surface area is 145 Å².